The van der Waals surface area contributed by atoms with Crippen LogP contribution in [-0.2, 0) is 12.8 Å². The van der Waals surface area contributed by atoms with E-state index in [0.717, 1.165) is 24.8 Å². The van der Waals surface area contributed by atoms with Crippen LogP contribution in [0.4, 0.5) is 5.00 Å². The summed E-state index contributed by atoms with van der Waals surface area (Å²) in [5.41, 5.74) is 1.99. The maximum absolute atomic E-state index is 12.5. The quantitative estimate of drug-likeness (QED) is 0.854. The average molecular weight is 369 g/mol. The Morgan fingerprint density at radius 2 is 1.78 bits per heavy atom. The highest BCUT2D eigenvalue weighted by Crippen LogP contribution is 2.39. The number of amides is 2. The third kappa shape index (κ3) is 3.22. The van der Waals surface area contributed by atoms with Crippen molar-refractivity contribution in [2.24, 2.45) is 0 Å². The average Bonchev–Trinajstić information content (AvgIpc) is 3.05. The molecule has 1 aliphatic rings. The minimum atomic E-state index is -0.334. The van der Waals surface area contributed by atoms with E-state index in [1.165, 1.54) is 16.2 Å². The van der Waals surface area contributed by atoms with E-state index >= 15 is 0 Å². The van der Waals surface area contributed by atoms with Crippen LogP contribution in [-0.4, -0.2) is 18.9 Å². The molecule has 0 saturated carbocycles. The number of carbonyl (C=O) groups excluding carboxylic acids is 2. The van der Waals surface area contributed by atoms with Gasteiger partial charge < -0.3 is 10.6 Å². The first kappa shape index (κ1) is 16.3. The van der Waals surface area contributed by atoms with Gasteiger partial charge in [0.25, 0.3) is 11.8 Å². The Morgan fingerprint density at radius 3 is 2.43 bits per heavy atom. The molecule has 1 aliphatic carbocycles. The van der Waals surface area contributed by atoms with Crippen LogP contribution in [0.3, 0.4) is 0 Å². The minimum absolute atomic E-state index is 0.177. The summed E-state index contributed by atoms with van der Waals surface area (Å²) >= 11 is 13.3. The molecule has 3 rings (SSSR count). The van der Waals surface area contributed by atoms with Crippen LogP contribution in [0.25, 0.3) is 0 Å². The summed E-state index contributed by atoms with van der Waals surface area (Å²) < 4.78 is 0. The SMILES string of the molecule is CNC(=O)c1c(NC(=O)c2cc(Cl)cc(Cl)c2)sc2c1CCC2. The second-order valence-corrected chi connectivity index (χ2v) is 7.23. The fourth-order valence-electron chi connectivity index (χ4n) is 2.72. The molecule has 2 N–H and O–H groups in total. The summed E-state index contributed by atoms with van der Waals surface area (Å²) in [5.74, 6) is -0.511. The fourth-order valence-corrected chi connectivity index (χ4v) is 4.53. The fraction of sp³-hybridized carbons (Fsp3) is 0.250. The molecule has 0 unspecified atom stereocenters. The summed E-state index contributed by atoms with van der Waals surface area (Å²) in [6.45, 7) is 0. The Balaban J connectivity index is 1.94. The maximum atomic E-state index is 12.5. The zero-order valence-corrected chi connectivity index (χ0v) is 14.7. The molecule has 4 nitrogen and oxygen atoms in total. The third-order valence-corrected chi connectivity index (χ3v) is 5.37. The number of anilines is 1. The van der Waals surface area contributed by atoms with E-state index in [0.29, 0.717) is 26.2 Å². The van der Waals surface area contributed by atoms with Gasteiger partial charge in [-0.15, -0.1) is 11.3 Å². The van der Waals surface area contributed by atoms with Crippen LogP contribution in [0.1, 0.15) is 37.6 Å². The van der Waals surface area contributed by atoms with Crippen molar-refractivity contribution in [3.63, 3.8) is 0 Å². The van der Waals surface area contributed by atoms with E-state index in [1.807, 2.05) is 0 Å². The van der Waals surface area contributed by atoms with Crippen molar-refractivity contribution >= 4 is 51.4 Å². The van der Waals surface area contributed by atoms with Crippen molar-refractivity contribution in [2.45, 2.75) is 19.3 Å². The number of hydrogen-bond donors (Lipinski definition) is 2. The summed E-state index contributed by atoms with van der Waals surface area (Å²) in [6, 6.07) is 4.66. The first-order valence-electron chi connectivity index (χ1n) is 7.13. The Hall–Kier alpha value is -1.56. The van der Waals surface area contributed by atoms with E-state index in [2.05, 4.69) is 10.6 Å². The van der Waals surface area contributed by atoms with Crippen LogP contribution < -0.4 is 10.6 Å². The third-order valence-electron chi connectivity index (χ3n) is 3.73. The molecule has 0 atom stereocenters. The second kappa shape index (κ2) is 6.51. The smallest absolute Gasteiger partial charge is 0.256 e. The molecule has 1 aromatic carbocycles. The highest BCUT2D eigenvalue weighted by Gasteiger charge is 2.27. The van der Waals surface area contributed by atoms with E-state index in [1.54, 1.807) is 25.2 Å². The number of thiophene rings is 1. The molecule has 1 heterocycles. The Bertz CT molecular complexity index is 781. The summed E-state index contributed by atoms with van der Waals surface area (Å²) in [6.07, 6.45) is 2.86. The number of aryl methyl sites for hydroxylation is 1. The van der Waals surface area contributed by atoms with Gasteiger partial charge in [0, 0.05) is 27.5 Å². The van der Waals surface area contributed by atoms with Crippen molar-refractivity contribution in [1.82, 2.24) is 5.32 Å². The highest BCUT2D eigenvalue weighted by atomic mass is 35.5. The Kier molecular flexibility index (Phi) is 4.62. The lowest BCUT2D eigenvalue weighted by Crippen LogP contribution is -2.21. The highest BCUT2D eigenvalue weighted by molar-refractivity contribution is 7.17. The molecule has 2 aromatic rings. The van der Waals surface area contributed by atoms with Gasteiger partial charge in [0.2, 0.25) is 0 Å². The molecule has 1 aromatic heterocycles. The summed E-state index contributed by atoms with van der Waals surface area (Å²) in [4.78, 5) is 25.8. The standard InChI is InChI=1S/C16H14Cl2N2O2S/c1-19-15(22)13-11-3-2-4-12(11)23-16(13)20-14(21)8-5-9(17)7-10(18)6-8/h5-7H,2-4H2,1H3,(H,19,22)(H,20,21). The number of benzene rings is 1. The topological polar surface area (TPSA) is 58.2 Å². The second-order valence-electron chi connectivity index (χ2n) is 5.25. The number of nitrogens with one attached hydrogen (secondary N) is 2. The molecule has 0 fully saturated rings. The molecular formula is C16H14Cl2N2O2S. The lowest BCUT2D eigenvalue weighted by molar-refractivity contribution is 0.0963. The Labute approximate surface area is 147 Å². The van der Waals surface area contributed by atoms with Gasteiger partial charge in [0.15, 0.2) is 0 Å². The van der Waals surface area contributed by atoms with E-state index in [4.69, 9.17) is 23.2 Å². The van der Waals surface area contributed by atoms with Gasteiger partial charge in [0.05, 0.1) is 5.56 Å². The van der Waals surface area contributed by atoms with Crippen LogP contribution in [0.2, 0.25) is 10.0 Å². The number of hydrogen-bond acceptors (Lipinski definition) is 3. The zero-order chi connectivity index (χ0) is 16.6. The number of rotatable bonds is 3. The van der Waals surface area contributed by atoms with Gasteiger partial charge in [-0.3, -0.25) is 9.59 Å². The van der Waals surface area contributed by atoms with Crippen molar-refractivity contribution in [1.29, 1.82) is 0 Å². The van der Waals surface area contributed by atoms with Gasteiger partial charge in [0.1, 0.15) is 5.00 Å². The maximum Gasteiger partial charge on any atom is 0.256 e. The van der Waals surface area contributed by atoms with Gasteiger partial charge in [-0.2, -0.15) is 0 Å². The van der Waals surface area contributed by atoms with Crippen LogP contribution in [0.5, 0.6) is 0 Å². The van der Waals surface area contributed by atoms with E-state index < -0.39 is 0 Å². The molecule has 0 aliphatic heterocycles. The molecule has 2 amide bonds. The Morgan fingerprint density at radius 1 is 1.09 bits per heavy atom. The largest absolute Gasteiger partial charge is 0.355 e. The number of carbonyl (C=O) groups is 2. The lowest BCUT2D eigenvalue weighted by atomic mass is 10.1. The predicted molar refractivity (Wildman–Crippen MR) is 94.1 cm³/mol. The van der Waals surface area contributed by atoms with Gasteiger partial charge in [-0.1, -0.05) is 23.2 Å². The molecular weight excluding hydrogens is 355 g/mol. The van der Waals surface area contributed by atoms with Crippen molar-refractivity contribution in [2.75, 3.05) is 12.4 Å². The molecule has 0 radical (unpaired) electrons. The number of halogens is 2. The molecule has 7 heteroatoms. The first-order chi connectivity index (χ1) is 11.0. The first-order valence-corrected chi connectivity index (χ1v) is 8.71. The van der Waals surface area contributed by atoms with Gasteiger partial charge in [-0.25, -0.2) is 0 Å². The molecule has 23 heavy (non-hydrogen) atoms. The monoisotopic (exact) mass is 368 g/mol. The van der Waals surface area contributed by atoms with Gasteiger partial charge >= 0.3 is 0 Å². The zero-order valence-electron chi connectivity index (χ0n) is 12.3. The normalized spacial score (nSPS) is 12.8. The molecule has 120 valence electrons. The number of fused-ring (bicyclic) bond motifs is 1. The summed E-state index contributed by atoms with van der Waals surface area (Å²) in [5, 5.41) is 6.83. The lowest BCUT2D eigenvalue weighted by Gasteiger charge is -2.08. The molecule has 0 saturated heterocycles. The molecule has 0 spiro atoms. The minimum Gasteiger partial charge on any atom is -0.355 e. The van der Waals surface area contributed by atoms with E-state index in [9.17, 15) is 9.59 Å². The van der Waals surface area contributed by atoms with Gasteiger partial charge in [-0.05, 0) is 43.0 Å². The van der Waals surface area contributed by atoms with Crippen LogP contribution in [0.15, 0.2) is 18.2 Å². The van der Waals surface area contributed by atoms with Crippen molar-refractivity contribution < 1.29 is 9.59 Å². The van der Waals surface area contributed by atoms with Crippen LogP contribution >= 0.6 is 34.5 Å². The van der Waals surface area contributed by atoms with Crippen LogP contribution in [0, 0.1) is 0 Å². The van der Waals surface area contributed by atoms with E-state index in [-0.39, 0.29) is 11.8 Å². The van der Waals surface area contributed by atoms with Crippen molar-refractivity contribution in [3.8, 4) is 0 Å². The predicted octanol–water partition coefficient (Wildman–Crippen LogP) is 4.16. The molecule has 0 bridgehead atoms. The summed E-state index contributed by atoms with van der Waals surface area (Å²) in [7, 11) is 1.59. The van der Waals surface area contributed by atoms with Crippen molar-refractivity contribution in [3.05, 3.63) is 49.8 Å².